The lowest BCUT2D eigenvalue weighted by molar-refractivity contribution is 0.0924. The summed E-state index contributed by atoms with van der Waals surface area (Å²) in [5.41, 5.74) is 2.01. The molecule has 1 unspecified atom stereocenters. The maximum absolute atomic E-state index is 12.8. The molecule has 1 aromatic heterocycles. The van der Waals surface area contributed by atoms with E-state index in [0.717, 1.165) is 17.5 Å². The van der Waals surface area contributed by atoms with Crippen molar-refractivity contribution in [1.82, 2.24) is 15.1 Å². The number of hydrogen-bond acceptors (Lipinski definition) is 3. The van der Waals surface area contributed by atoms with Crippen LogP contribution in [-0.2, 0) is 6.54 Å². The molecule has 1 amide bonds. The number of nitrogens with zero attached hydrogens (tertiary/aromatic N) is 2. The molecule has 3 aromatic rings. The van der Waals surface area contributed by atoms with E-state index in [1.54, 1.807) is 0 Å². The van der Waals surface area contributed by atoms with Crippen LogP contribution in [0.25, 0.3) is 0 Å². The minimum Gasteiger partial charge on any atom is -0.344 e. The molecule has 2 aromatic carbocycles. The fourth-order valence-electron chi connectivity index (χ4n) is 3.11. The van der Waals surface area contributed by atoms with Crippen LogP contribution in [-0.4, -0.2) is 15.7 Å². The maximum atomic E-state index is 12.8. The first-order valence-electron chi connectivity index (χ1n) is 9.51. The molecule has 0 spiro atoms. The molecule has 1 atom stereocenters. The van der Waals surface area contributed by atoms with Crippen molar-refractivity contribution in [2.75, 3.05) is 0 Å². The van der Waals surface area contributed by atoms with Crippen LogP contribution in [0, 0.1) is 5.92 Å². The molecule has 0 aliphatic carbocycles. The summed E-state index contributed by atoms with van der Waals surface area (Å²) in [5.74, 6) is 0.141. The summed E-state index contributed by atoms with van der Waals surface area (Å²) >= 11 is 0. The third-order valence-electron chi connectivity index (χ3n) is 4.49. The highest BCUT2D eigenvalue weighted by Crippen LogP contribution is 2.21. The largest absolute Gasteiger partial charge is 0.344 e. The van der Waals surface area contributed by atoms with E-state index < -0.39 is 0 Å². The van der Waals surface area contributed by atoms with Crippen molar-refractivity contribution in [3.05, 3.63) is 100.0 Å². The predicted molar refractivity (Wildman–Crippen MR) is 110 cm³/mol. The van der Waals surface area contributed by atoms with Crippen LogP contribution in [0.5, 0.6) is 0 Å². The monoisotopic (exact) mass is 375 g/mol. The summed E-state index contributed by atoms with van der Waals surface area (Å²) in [6.45, 7) is 4.58. The third kappa shape index (κ3) is 5.16. The Hall–Kier alpha value is -3.21. The van der Waals surface area contributed by atoms with Gasteiger partial charge in [-0.3, -0.25) is 9.59 Å². The Morgan fingerprint density at radius 1 is 0.964 bits per heavy atom. The van der Waals surface area contributed by atoms with Gasteiger partial charge in [-0.1, -0.05) is 74.5 Å². The van der Waals surface area contributed by atoms with Crippen LogP contribution >= 0.6 is 0 Å². The third-order valence-corrected chi connectivity index (χ3v) is 4.49. The molecule has 0 fully saturated rings. The molecule has 0 aliphatic rings. The van der Waals surface area contributed by atoms with Crippen molar-refractivity contribution in [3.63, 3.8) is 0 Å². The number of hydrogen-bond donors (Lipinski definition) is 1. The van der Waals surface area contributed by atoms with Crippen LogP contribution in [0.15, 0.2) is 77.6 Å². The van der Waals surface area contributed by atoms with Gasteiger partial charge < -0.3 is 5.32 Å². The topological polar surface area (TPSA) is 64.0 Å². The van der Waals surface area contributed by atoms with E-state index in [1.165, 1.54) is 16.8 Å². The van der Waals surface area contributed by atoms with Gasteiger partial charge >= 0.3 is 0 Å². The van der Waals surface area contributed by atoms with Gasteiger partial charge in [0.1, 0.15) is 5.69 Å². The molecule has 1 heterocycles. The highest BCUT2D eigenvalue weighted by molar-refractivity contribution is 5.92. The van der Waals surface area contributed by atoms with Crippen LogP contribution in [0.2, 0.25) is 0 Å². The zero-order valence-corrected chi connectivity index (χ0v) is 16.2. The fraction of sp³-hybridized carbons (Fsp3) is 0.261. The highest BCUT2D eigenvalue weighted by atomic mass is 16.2. The van der Waals surface area contributed by atoms with Crippen LogP contribution in [0.4, 0.5) is 0 Å². The zero-order chi connectivity index (χ0) is 19.9. The number of nitrogens with one attached hydrogen (secondary N) is 1. The summed E-state index contributed by atoms with van der Waals surface area (Å²) in [5, 5.41) is 7.36. The first kappa shape index (κ1) is 19.5. The van der Waals surface area contributed by atoms with Gasteiger partial charge in [-0.05, 0) is 29.5 Å². The van der Waals surface area contributed by atoms with Gasteiger partial charge in [-0.25, -0.2) is 4.68 Å². The SMILES string of the molecule is CC(C)CC(NC(=O)c1ccc(=O)n(Cc2ccccc2)n1)c1ccccc1. The molecule has 0 saturated heterocycles. The Bertz CT molecular complexity index is 966. The van der Waals surface area contributed by atoms with E-state index in [4.69, 9.17) is 0 Å². The molecule has 0 bridgehead atoms. The minimum absolute atomic E-state index is 0.106. The van der Waals surface area contributed by atoms with Gasteiger partial charge in [0.15, 0.2) is 0 Å². The number of rotatable bonds is 7. The quantitative estimate of drug-likeness (QED) is 0.683. The summed E-state index contributed by atoms with van der Waals surface area (Å²) < 4.78 is 1.32. The van der Waals surface area contributed by atoms with Gasteiger partial charge in [0, 0.05) is 6.07 Å². The molecular formula is C23H25N3O2. The van der Waals surface area contributed by atoms with Crippen molar-refractivity contribution in [2.45, 2.75) is 32.9 Å². The predicted octanol–water partition coefficient (Wildman–Crippen LogP) is 3.81. The van der Waals surface area contributed by atoms with Crippen LogP contribution < -0.4 is 10.9 Å². The molecular weight excluding hydrogens is 350 g/mol. The molecule has 5 heteroatoms. The Labute approximate surface area is 165 Å². The van der Waals surface area contributed by atoms with E-state index in [2.05, 4.69) is 24.3 Å². The van der Waals surface area contributed by atoms with Gasteiger partial charge in [-0.2, -0.15) is 5.10 Å². The standard InChI is InChI=1S/C23H25N3O2/c1-17(2)15-21(19-11-7-4-8-12-19)24-23(28)20-13-14-22(27)26(25-20)16-18-9-5-3-6-10-18/h3-14,17,21H,15-16H2,1-2H3,(H,24,28). The normalized spacial score (nSPS) is 12.0. The first-order chi connectivity index (χ1) is 13.5. The van der Waals surface area contributed by atoms with Gasteiger partial charge in [0.05, 0.1) is 12.6 Å². The van der Waals surface area contributed by atoms with E-state index in [-0.39, 0.29) is 23.2 Å². The van der Waals surface area contributed by atoms with Gasteiger partial charge in [0.25, 0.3) is 11.5 Å². The molecule has 0 aliphatic heterocycles. The second kappa shape index (κ2) is 9.13. The van der Waals surface area contributed by atoms with E-state index in [1.807, 2.05) is 60.7 Å². The number of amides is 1. The Morgan fingerprint density at radius 3 is 2.25 bits per heavy atom. The molecule has 28 heavy (non-hydrogen) atoms. The summed E-state index contributed by atoms with van der Waals surface area (Å²) in [4.78, 5) is 25.0. The van der Waals surface area contributed by atoms with Crippen molar-refractivity contribution >= 4 is 5.91 Å². The second-order valence-electron chi connectivity index (χ2n) is 7.27. The maximum Gasteiger partial charge on any atom is 0.272 e. The average molecular weight is 375 g/mol. The molecule has 1 N–H and O–H groups in total. The fourth-order valence-corrected chi connectivity index (χ4v) is 3.11. The number of carbonyl (C=O) groups excluding carboxylic acids is 1. The lowest BCUT2D eigenvalue weighted by atomic mass is 9.97. The van der Waals surface area contributed by atoms with E-state index in [0.29, 0.717) is 12.5 Å². The lowest BCUT2D eigenvalue weighted by Gasteiger charge is -2.21. The average Bonchev–Trinajstić information content (AvgIpc) is 2.70. The Kier molecular flexibility index (Phi) is 6.37. The molecule has 5 nitrogen and oxygen atoms in total. The molecule has 144 valence electrons. The van der Waals surface area contributed by atoms with E-state index in [9.17, 15) is 9.59 Å². The second-order valence-corrected chi connectivity index (χ2v) is 7.27. The summed E-state index contributed by atoms with van der Waals surface area (Å²) in [7, 11) is 0. The van der Waals surface area contributed by atoms with Crippen molar-refractivity contribution < 1.29 is 4.79 Å². The van der Waals surface area contributed by atoms with Gasteiger partial charge in [-0.15, -0.1) is 0 Å². The number of benzene rings is 2. The van der Waals surface area contributed by atoms with Crippen LogP contribution in [0.3, 0.4) is 0 Å². The van der Waals surface area contributed by atoms with E-state index >= 15 is 0 Å². The summed E-state index contributed by atoms with van der Waals surface area (Å²) in [6.07, 6.45) is 0.819. The molecule has 0 saturated carbocycles. The van der Waals surface area contributed by atoms with Crippen LogP contribution in [0.1, 0.15) is 47.9 Å². The molecule has 3 rings (SSSR count). The van der Waals surface area contributed by atoms with Gasteiger partial charge in [0.2, 0.25) is 0 Å². The summed E-state index contributed by atoms with van der Waals surface area (Å²) in [6, 6.07) is 22.3. The number of aromatic nitrogens is 2. The minimum atomic E-state index is -0.281. The smallest absolute Gasteiger partial charge is 0.272 e. The van der Waals surface area contributed by atoms with Crippen molar-refractivity contribution in [1.29, 1.82) is 0 Å². The van der Waals surface area contributed by atoms with Crippen molar-refractivity contribution in [3.8, 4) is 0 Å². The zero-order valence-electron chi connectivity index (χ0n) is 16.2. The number of carbonyl (C=O) groups is 1. The highest BCUT2D eigenvalue weighted by Gasteiger charge is 2.18. The first-order valence-corrected chi connectivity index (χ1v) is 9.51. The Balaban J connectivity index is 1.81. The molecule has 0 radical (unpaired) electrons. The van der Waals surface area contributed by atoms with Crippen molar-refractivity contribution in [2.24, 2.45) is 5.92 Å². The lowest BCUT2D eigenvalue weighted by Crippen LogP contribution is -2.33. The Morgan fingerprint density at radius 2 is 1.61 bits per heavy atom.